The van der Waals surface area contributed by atoms with Crippen molar-refractivity contribution in [2.24, 2.45) is 4.99 Å². The highest BCUT2D eigenvalue weighted by Crippen LogP contribution is 2.27. The van der Waals surface area contributed by atoms with Gasteiger partial charge in [0.2, 0.25) is 0 Å². The Morgan fingerprint density at radius 1 is 1.00 bits per heavy atom. The van der Waals surface area contributed by atoms with Crippen LogP contribution >= 0.6 is 0 Å². The minimum absolute atomic E-state index is 0.853. The summed E-state index contributed by atoms with van der Waals surface area (Å²) in [6.07, 6.45) is 15.1. The predicted octanol–water partition coefficient (Wildman–Crippen LogP) is 3.09. The smallest absolute Gasteiger partial charge is 0.0576 e. The monoisotopic (exact) mass is 174 g/mol. The van der Waals surface area contributed by atoms with Gasteiger partial charge in [0.25, 0.3) is 0 Å². The van der Waals surface area contributed by atoms with Crippen LogP contribution in [0.2, 0.25) is 0 Å². The number of rotatable bonds is 1. The first-order chi connectivity index (χ1) is 6.47. The van der Waals surface area contributed by atoms with Gasteiger partial charge in [-0.05, 0) is 18.9 Å². The fourth-order valence-corrected chi connectivity index (χ4v) is 1.95. The van der Waals surface area contributed by atoms with Gasteiger partial charge in [0.15, 0.2) is 0 Å². The summed E-state index contributed by atoms with van der Waals surface area (Å²) in [5, 5.41) is 0. The molecule has 1 heteroatoms. The van der Waals surface area contributed by atoms with Gasteiger partial charge < -0.3 is 0 Å². The first kappa shape index (κ1) is 8.74. The summed E-state index contributed by atoms with van der Waals surface area (Å²) < 4.78 is 0. The van der Waals surface area contributed by atoms with Crippen molar-refractivity contribution in [2.45, 2.75) is 32.1 Å². The van der Waals surface area contributed by atoms with Crippen LogP contribution in [0.3, 0.4) is 0 Å². The molecule has 1 heterocycles. The van der Waals surface area contributed by atoms with Gasteiger partial charge in [-0.25, -0.2) is 0 Å². The molecule has 13 heavy (non-hydrogen) atoms. The summed E-state index contributed by atoms with van der Waals surface area (Å²) in [6.45, 7) is 0.853. The molecule has 2 rings (SSSR count). The minimum atomic E-state index is 0.853. The quantitative estimate of drug-likeness (QED) is 0.579. The van der Waals surface area contributed by atoms with E-state index in [0.717, 1.165) is 6.54 Å². The maximum Gasteiger partial charge on any atom is 0.0576 e. The van der Waals surface area contributed by atoms with Crippen LogP contribution in [0.1, 0.15) is 32.1 Å². The summed E-state index contributed by atoms with van der Waals surface area (Å²) in [6, 6.07) is 0. The molecule has 0 bridgehead atoms. The van der Waals surface area contributed by atoms with Crippen molar-refractivity contribution < 1.29 is 0 Å². The summed E-state index contributed by atoms with van der Waals surface area (Å²) >= 11 is 0. The molecule has 0 N–H and O–H groups in total. The Morgan fingerprint density at radius 2 is 1.85 bits per heavy atom. The van der Waals surface area contributed by atoms with Crippen LogP contribution in [0.15, 0.2) is 29.3 Å². The number of nitrogens with zero attached hydrogens (tertiary/aromatic N) is 1. The van der Waals surface area contributed by atoms with Crippen molar-refractivity contribution in [2.75, 3.05) is 6.54 Å². The third kappa shape index (κ3) is 2.30. The predicted molar refractivity (Wildman–Crippen MR) is 56.9 cm³/mol. The van der Waals surface area contributed by atoms with E-state index in [2.05, 4.69) is 29.3 Å². The number of aliphatic imine (C=N–C) groups is 1. The van der Waals surface area contributed by atoms with E-state index in [1.807, 2.05) is 0 Å². The van der Waals surface area contributed by atoms with Crippen LogP contribution < -0.4 is 0 Å². The topological polar surface area (TPSA) is 12.4 Å². The molecule has 1 aliphatic heterocycles. The van der Waals surface area contributed by atoms with Gasteiger partial charge in [0.05, 0.1) is 6.54 Å². The zero-order chi connectivity index (χ0) is 8.93. The molecular formula is C12H16N. The van der Waals surface area contributed by atoms with E-state index in [-0.39, 0.29) is 0 Å². The van der Waals surface area contributed by atoms with Crippen molar-refractivity contribution in [1.82, 2.24) is 0 Å². The van der Waals surface area contributed by atoms with Crippen molar-refractivity contribution >= 4 is 5.71 Å². The Hall–Kier alpha value is -0.850. The summed E-state index contributed by atoms with van der Waals surface area (Å²) in [5.74, 6) is 1.58. The third-order valence-electron chi connectivity index (χ3n) is 2.69. The van der Waals surface area contributed by atoms with Gasteiger partial charge in [-0.15, -0.1) is 0 Å². The Bertz CT molecular complexity index is 242. The second-order valence-electron chi connectivity index (χ2n) is 3.68. The molecule has 1 nitrogen and oxygen atoms in total. The molecule has 1 aliphatic carbocycles. The van der Waals surface area contributed by atoms with Crippen LogP contribution in [0.25, 0.3) is 0 Å². The molecule has 1 radical (unpaired) electrons. The van der Waals surface area contributed by atoms with E-state index in [9.17, 15) is 0 Å². The van der Waals surface area contributed by atoms with Gasteiger partial charge in [-0.1, -0.05) is 37.5 Å². The normalized spacial score (nSPS) is 24.2. The molecule has 0 saturated heterocycles. The Kier molecular flexibility index (Phi) is 2.96. The molecule has 1 fully saturated rings. The van der Waals surface area contributed by atoms with E-state index in [1.165, 1.54) is 37.8 Å². The molecule has 0 aromatic carbocycles. The van der Waals surface area contributed by atoms with E-state index in [0.29, 0.717) is 0 Å². The Morgan fingerprint density at radius 3 is 2.69 bits per heavy atom. The second kappa shape index (κ2) is 4.40. The lowest BCUT2D eigenvalue weighted by molar-refractivity contribution is 0.567. The molecule has 0 aromatic heterocycles. The second-order valence-corrected chi connectivity index (χ2v) is 3.68. The van der Waals surface area contributed by atoms with Crippen LogP contribution in [0, 0.1) is 5.92 Å². The number of allylic oxidation sites excluding steroid dienone is 3. The molecule has 69 valence electrons. The van der Waals surface area contributed by atoms with E-state index >= 15 is 0 Å². The highest BCUT2D eigenvalue weighted by atomic mass is 14.7. The zero-order valence-corrected chi connectivity index (χ0v) is 8.00. The molecule has 0 unspecified atom stereocenters. The molecular weight excluding hydrogens is 158 g/mol. The van der Waals surface area contributed by atoms with E-state index in [1.54, 1.807) is 5.92 Å². The zero-order valence-electron chi connectivity index (χ0n) is 8.00. The lowest BCUT2D eigenvalue weighted by Gasteiger charge is -2.20. The molecule has 1 saturated carbocycles. The molecule has 0 atom stereocenters. The third-order valence-corrected chi connectivity index (χ3v) is 2.69. The maximum atomic E-state index is 4.55. The van der Waals surface area contributed by atoms with Crippen LogP contribution in [-0.4, -0.2) is 12.3 Å². The average Bonchev–Trinajstić information content (AvgIpc) is 2.47. The number of hydrogen-bond donors (Lipinski definition) is 0. The standard InChI is InChI=1S/C12H16N/c1-3-7-11(8-4-1)12-9-5-2-6-10-13-12/h2,5-6,9H,1,3-4,7-8,10H2. The minimum Gasteiger partial charge on any atom is -0.285 e. The number of hydrogen-bond acceptors (Lipinski definition) is 1. The van der Waals surface area contributed by atoms with Crippen molar-refractivity contribution in [3.63, 3.8) is 0 Å². The summed E-state index contributed by atoms with van der Waals surface area (Å²) in [7, 11) is 0. The van der Waals surface area contributed by atoms with Crippen molar-refractivity contribution in [3.05, 3.63) is 30.2 Å². The van der Waals surface area contributed by atoms with E-state index in [4.69, 9.17) is 0 Å². The molecule has 0 amide bonds. The SMILES string of the molecule is C1=CCN=C([C]2CCCCC2)C=C1. The lowest BCUT2D eigenvalue weighted by Crippen LogP contribution is -2.13. The fraction of sp³-hybridized carbons (Fsp3) is 0.500. The van der Waals surface area contributed by atoms with Gasteiger partial charge in [-0.2, -0.15) is 0 Å². The van der Waals surface area contributed by atoms with E-state index < -0.39 is 0 Å². The van der Waals surface area contributed by atoms with Crippen LogP contribution in [0.4, 0.5) is 0 Å². The fourth-order valence-electron chi connectivity index (χ4n) is 1.95. The van der Waals surface area contributed by atoms with Gasteiger partial charge in [0.1, 0.15) is 0 Å². The van der Waals surface area contributed by atoms with Gasteiger partial charge in [0, 0.05) is 11.6 Å². The van der Waals surface area contributed by atoms with Crippen LogP contribution in [0.5, 0.6) is 0 Å². The Balaban J connectivity index is 2.02. The molecule has 2 aliphatic rings. The first-order valence-electron chi connectivity index (χ1n) is 5.19. The van der Waals surface area contributed by atoms with Crippen molar-refractivity contribution in [1.29, 1.82) is 0 Å². The van der Waals surface area contributed by atoms with Gasteiger partial charge in [-0.3, -0.25) is 4.99 Å². The first-order valence-corrected chi connectivity index (χ1v) is 5.19. The maximum absolute atomic E-state index is 4.55. The Labute approximate surface area is 80.3 Å². The highest BCUT2D eigenvalue weighted by molar-refractivity contribution is 6.06. The molecule has 0 aromatic rings. The van der Waals surface area contributed by atoms with Gasteiger partial charge >= 0.3 is 0 Å². The van der Waals surface area contributed by atoms with Crippen molar-refractivity contribution in [3.8, 4) is 0 Å². The molecule has 0 spiro atoms. The average molecular weight is 174 g/mol. The largest absolute Gasteiger partial charge is 0.285 e. The summed E-state index contributed by atoms with van der Waals surface area (Å²) in [4.78, 5) is 4.55. The highest BCUT2D eigenvalue weighted by Gasteiger charge is 2.17. The lowest BCUT2D eigenvalue weighted by atomic mass is 9.85. The summed E-state index contributed by atoms with van der Waals surface area (Å²) in [5.41, 5.74) is 1.25. The van der Waals surface area contributed by atoms with Crippen LogP contribution in [-0.2, 0) is 0 Å².